The number of benzene rings is 2. The lowest BCUT2D eigenvalue weighted by molar-refractivity contribution is -0.118. The van der Waals surface area contributed by atoms with E-state index >= 15 is 0 Å². The van der Waals surface area contributed by atoms with Crippen molar-refractivity contribution in [2.75, 3.05) is 26.9 Å². The highest BCUT2D eigenvalue weighted by Crippen LogP contribution is 2.18. The first-order valence-electron chi connectivity index (χ1n) is 10.4. The fraction of sp³-hybridized carbons (Fsp3) is 0.250. The molecule has 0 radical (unpaired) electrons. The number of carbonyl (C=O) groups is 2. The minimum Gasteiger partial charge on any atom is -0.483 e. The zero-order chi connectivity index (χ0) is 22.3. The topological polar surface area (TPSA) is 97.0 Å². The van der Waals surface area contributed by atoms with Crippen LogP contribution in [0.4, 0.5) is 5.88 Å². The van der Waals surface area contributed by atoms with Crippen LogP contribution < -0.4 is 5.32 Å². The summed E-state index contributed by atoms with van der Waals surface area (Å²) in [5, 5.41) is 6.82. The van der Waals surface area contributed by atoms with Gasteiger partial charge in [-0.3, -0.25) is 14.5 Å². The van der Waals surface area contributed by atoms with Crippen molar-refractivity contribution in [3.05, 3.63) is 83.0 Å². The zero-order valence-corrected chi connectivity index (χ0v) is 17.8. The smallest absolute Gasteiger partial charge is 0.253 e. The van der Waals surface area contributed by atoms with E-state index in [1.165, 1.54) is 7.11 Å². The van der Waals surface area contributed by atoms with Crippen molar-refractivity contribution in [1.29, 1.82) is 0 Å². The summed E-state index contributed by atoms with van der Waals surface area (Å²) in [6, 6.07) is 18.7. The van der Waals surface area contributed by atoms with Gasteiger partial charge in [0.2, 0.25) is 11.8 Å². The fourth-order valence-corrected chi connectivity index (χ4v) is 3.45. The SMILES string of the molecule is COC(CN1CNC(=O)C1)=Nc1cc(CCc2cccc(C(=O)c3ccccc3)c2)no1. The van der Waals surface area contributed by atoms with Gasteiger partial charge in [-0.1, -0.05) is 53.7 Å². The van der Waals surface area contributed by atoms with Crippen LogP contribution >= 0.6 is 0 Å². The van der Waals surface area contributed by atoms with Gasteiger partial charge in [0, 0.05) is 17.2 Å². The number of rotatable bonds is 8. The summed E-state index contributed by atoms with van der Waals surface area (Å²) in [5.41, 5.74) is 3.14. The molecule has 3 aromatic rings. The molecule has 0 bridgehead atoms. The standard InChI is InChI=1S/C24H24N4O4/c1-31-23(15-28-14-21(29)25-16-28)26-22-13-20(27-32-22)11-10-17-6-5-9-19(12-17)24(30)18-7-3-2-4-8-18/h2-9,12-13H,10-11,14-16H2,1H3,(H,25,29). The maximum absolute atomic E-state index is 12.7. The number of carbonyl (C=O) groups excluding carboxylic acids is 2. The average molecular weight is 432 g/mol. The van der Waals surface area contributed by atoms with Crippen molar-refractivity contribution in [2.24, 2.45) is 4.99 Å². The molecular weight excluding hydrogens is 408 g/mol. The first-order chi connectivity index (χ1) is 15.6. The van der Waals surface area contributed by atoms with Gasteiger partial charge in [-0.25, -0.2) is 0 Å². The molecule has 1 saturated heterocycles. The van der Waals surface area contributed by atoms with E-state index in [-0.39, 0.29) is 11.7 Å². The van der Waals surface area contributed by atoms with Crippen LogP contribution in [-0.2, 0) is 22.4 Å². The summed E-state index contributed by atoms with van der Waals surface area (Å²) in [5.74, 6) is 0.782. The van der Waals surface area contributed by atoms with E-state index in [4.69, 9.17) is 9.26 Å². The van der Waals surface area contributed by atoms with Gasteiger partial charge in [0.1, 0.15) is 0 Å². The van der Waals surface area contributed by atoms with Gasteiger partial charge in [0.25, 0.3) is 5.88 Å². The number of hydrogen-bond acceptors (Lipinski definition) is 7. The molecule has 1 aliphatic heterocycles. The predicted octanol–water partition coefficient (Wildman–Crippen LogP) is 2.76. The van der Waals surface area contributed by atoms with E-state index in [0.717, 1.165) is 11.3 Å². The third-order valence-electron chi connectivity index (χ3n) is 5.14. The van der Waals surface area contributed by atoms with Crippen molar-refractivity contribution in [1.82, 2.24) is 15.4 Å². The lowest BCUT2D eigenvalue weighted by atomic mass is 9.99. The van der Waals surface area contributed by atoms with Crippen molar-refractivity contribution in [3.63, 3.8) is 0 Å². The quantitative estimate of drug-likeness (QED) is 0.334. The van der Waals surface area contributed by atoms with Crippen molar-refractivity contribution < 1.29 is 18.8 Å². The van der Waals surface area contributed by atoms with Gasteiger partial charge in [-0.15, -0.1) is 0 Å². The molecule has 1 amide bonds. The third kappa shape index (κ3) is 5.47. The number of methoxy groups -OCH3 is 1. The number of ether oxygens (including phenoxy) is 1. The fourth-order valence-electron chi connectivity index (χ4n) is 3.45. The Labute approximate surface area is 185 Å². The number of aryl methyl sites for hydroxylation is 2. The van der Waals surface area contributed by atoms with Crippen LogP contribution in [-0.4, -0.2) is 54.5 Å². The first kappa shape index (κ1) is 21.5. The van der Waals surface area contributed by atoms with E-state index in [0.29, 0.717) is 55.5 Å². The van der Waals surface area contributed by atoms with Crippen LogP contribution in [0.3, 0.4) is 0 Å². The molecule has 0 saturated carbocycles. The normalized spacial score (nSPS) is 14.4. The Kier molecular flexibility index (Phi) is 6.72. The molecule has 1 aromatic heterocycles. The number of amides is 1. The van der Waals surface area contributed by atoms with Gasteiger partial charge in [-0.2, -0.15) is 4.99 Å². The van der Waals surface area contributed by atoms with E-state index in [1.807, 2.05) is 59.5 Å². The zero-order valence-electron chi connectivity index (χ0n) is 17.8. The minimum atomic E-state index is -0.0167. The number of nitrogens with one attached hydrogen (secondary N) is 1. The molecule has 164 valence electrons. The molecule has 2 heterocycles. The van der Waals surface area contributed by atoms with E-state index in [2.05, 4.69) is 15.5 Å². The number of hydrogen-bond donors (Lipinski definition) is 1. The Morgan fingerprint density at radius 3 is 2.69 bits per heavy atom. The summed E-state index contributed by atoms with van der Waals surface area (Å²) >= 11 is 0. The molecule has 1 aliphatic rings. The van der Waals surface area contributed by atoms with Crippen molar-refractivity contribution in [3.8, 4) is 0 Å². The highest BCUT2D eigenvalue weighted by atomic mass is 16.5. The Hall–Kier alpha value is -3.78. The number of aromatic nitrogens is 1. The molecule has 8 nitrogen and oxygen atoms in total. The minimum absolute atomic E-state index is 0.00695. The summed E-state index contributed by atoms with van der Waals surface area (Å²) in [6.45, 7) is 1.18. The van der Waals surface area contributed by atoms with Crippen LogP contribution in [0, 0.1) is 0 Å². The lowest BCUT2D eigenvalue weighted by Gasteiger charge is -2.12. The third-order valence-corrected chi connectivity index (χ3v) is 5.14. The molecule has 1 N–H and O–H groups in total. The molecule has 0 atom stereocenters. The average Bonchev–Trinajstić information content (AvgIpc) is 3.46. The Morgan fingerprint density at radius 1 is 1.12 bits per heavy atom. The van der Waals surface area contributed by atoms with Crippen molar-refractivity contribution in [2.45, 2.75) is 12.8 Å². The maximum atomic E-state index is 12.7. The highest BCUT2D eigenvalue weighted by molar-refractivity contribution is 6.09. The summed E-state index contributed by atoms with van der Waals surface area (Å²) in [6.07, 6.45) is 1.36. The van der Waals surface area contributed by atoms with Gasteiger partial charge in [-0.05, 0) is 24.5 Å². The molecule has 0 unspecified atom stereocenters. The van der Waals surface area contributed by atoms with Gasteiger partial charge < -0.3 is 14.6 Å². The van der Waals surface area contributed by atoms with Crippen LogP contribution in [0.15, 0.2) is 70.2 Å². The molecule has 1 fully saturated rings. The molecule has 4 rings (SSSR count). The Morgan fingerprint density at radius 2 is 1.94 bits per heavy atom. The van der Waals surface area contributed by atoms with Crippen LogP contribution in [0.2, 0.25) is 0 Å². The molecule has 8 heteroatoms. The number of nitrogens with zero attached hydrogens (tertiary/aromatic N) is 3. The summed E-state index contributed by atoms with van der Waals surface area (Å²) in [7, 11) is 1.53. The van der Waals surface area contributed by atoms with Crippen LogP contribution in [0.5, 0.6) is 0 Å². The van der Waals surface area contributed by atoms with E-state index in [9.17, 15) is 9.59 Å². The Bertz CT molecular complexity index is 1120. The number of ketones is 1. The van der Waals surface area contributed by atoms with Crippen LogP contribution in [0.25, 0.3) is 0 Å². The summed E-state index contributed by atoms with van der Waals surface area (Å²) in [4.78, 5) is 30.2. The van der Waals surface area contributed by atoms with Crippen molar-refractivity contribution >= 4 is 23.5 Å². The predicted molar refractivity (Wildman–Crippen MR) is 119 cm³/mol. The van der Waals surface area contributed by atoms with Crippen LogP contribution in [0.1, 0.15) is 27.2 Å². The monoisotopic (exact) mass is 432 g/mol. The van der Waals surface area contributed by atoms with E-state index in [1.54, 1.807) is 6.07 Å². The molecular formula is C24H24N4O4. The second kappa shape index (κ2) is 10.0. The molecule has 2 aromatic carbocycles. The number of aliphatic imine (C=N–C) groups is 1. The maximum Gasteiger partial charge on any atom is 0.253 e. The van der Waals surface area contributed by atoms with Gasteiger partial charge in [0.15, 0.2) is 5.78 Å². The van der Waals surface area contributed by atoms with E-state index < -0.39 is 0 Å². The molecule has 32 heavy (non-hydrogen) atoms. The largest absolute Gasteiger partial charge is 0.483 e. The van der Waals surface area contributed by atoms with Gasteiger partial charge >= 0.3 is 0 Å². The highest BCUT2D eigenvalue weighted by Gasteiger charge is 2.20. The molecule has 0 spiro atoms. The Balaban J connectivity index is 1.37. The second-order valence-electron chi connectivity index (χ2n) is 7.51. The first-order valence-corrected chi connectivity index (χ1v) is 10.4. The molecule has 0 aliphatic carbocycles. The summed E-state index contributed by atoms with van der Waals surface area (Å²) < 4.78 is 10.6. The lowest BCUT2D eigenvalue weighted by Crippen LogP contribution is -2.29. The van der Waals surface area contributed by atoms with Gasteiger partial charge in [0.05, 0.1) is 32.6 Å². The second-order valence-corrected chi connectivity index (χ2v) is 7.51.